The van der Waals surface area contributed by atoms with Crippen LogP contribution in [0.1, 0.15) is 26.3 Å². The summed E-state index contributed by atoms with van der Waals surface area (Å²) in [6, 6.07) is 13.6. The lowest BCUT2D eigenvalue weighted by Gasteiger charge is -2.34. The minimum Gasteiger partial charge on any atom is -0.354 e. The van der Waals surface area contributed by atoms with E-state index in [4.69, 9.17) is 5.41 Å². The van der Waals surface area contributed by atoms with Gasteiger partial charge in [0, 0.05) is 48.0 Å². The number of halogens is 2. The second-order valence-corrected chi connectivity index (χ2v) is 9.09. The molecule has 8 nitrogen and oxygen atoms in total. The number of amidine groups is 1. The molecule has 3 aromatic rings. The summed E-state index contributed by atoms with van der Waals surface area (Å²) < 4.78 is 14.7. The number of nitrogens with zero attached hydrogens (tertiary/aromatic N) is 3. The van der Waals surface area contributed by atoms with Gasteiger partial charge in [0.05, 0.1) is 11.3 Å². The fourth-order valence-corrected chi connectivity index (χ4v) is 3.87. The third kappa shape index (κ3) is 6.09. The fraction of sp³-hybridized carbons (Fsp3) is 0.200. The van der Waals surface area contributed by atoms with Crippen molar-refractivity contribution in [2.24, 2.45) is 0 Å². The van der Waals surface area contributed by atoms with Gasteiger partial charge in [0.1, 0.15) is 17.5 Å². The lowest BCUT2D eigenvalue weighted by atomic mass is 10.1. The summed E-state index contributed by atoms with van der Waals surface area (Å²) in [5.41, 5.74) is 1.21. The maximum absolute atomic E-state index is 13.9. The molecule has 35 heavy (non-hydrogen) atoms. The number of benzene rings is 2. The third-order valence-corrected chi connectivity index (χ3v) is 6.15. The van der Waals surface area contributed by atoms with Crippen molar-refractivity contribution in [3.8, 4) is 0 Å². The Morgan fingerprint density at radius 3 is 2.29 bits per heavy atom. The summed E-state index contributed by atoms with van der Waals surface area (Å²) in [6.45, 7) is 3.36. The maximum Gasteiger partial charge on any atom is 0.259 e. The number of anilines is 2. The van der Waals surface area contributed by atoms with Gasteiger partial charge in [-0.3, -0.25) is 15.0 Å². The monoisotopic (exact) mass is 538 g/mol. The normalized spacial score (nSPS) is 13.9. The van der Waals surface area contributed by atoms with E-state index in [0.717, 1.165) is 42.3 Å². The number of amides is 2. The number of likely N-dealkylation sites (N-methyl/N-ethyl adjacent to an activating group) is 1. The molecule has 0 bridgehead atoms. The molecule has 2 heterocycles. The topological polar surface area (TPSA) is 101 Å². The number of piperazine rings is 1. The highest BCUT2D eigenvalue weighted by Gasteiger charge is 2.19. The van der Waals surface area contributed by atoms with Crippen LogP contribution in [0.3, 0.4) is 0 Å². The molecule has 3 N–H and O–H groups in total. The van der Waals surface area contributed by atoms with E-state index in [1.807, 2.05) is 4.90 Å². The van der Waals surface area contributed by atoms with Crippen molar-refractivity contribution >= 4 is 45.1 Å². The van der Waals surface area contributed by atoms with E-state index in [-0.39, 0.29) is 17.1 Å². The van der Waals surface area contributed by atoms with Gasteiger partial charge >= 0.3 is 0 Å². The molecule has 2 aromatic carbocycles. The largest absolute Gasteiger partial charge is 0.354 e. The van der Waals surface area contributed by atoms with Crippen LogP contribution in [-0.4, -0.2) is 65.7 Å². The van der Waals surface area contributed by atoms with Gasteiger partial charge in [0.15, 0.2) is 0 Å². The summed E-state index contributed by atoms with van der Waals surface area (Å²) in [7, 11) is 2.06. The van der Waals surface area contributed by atoms with Crippen LogP contribution in [0.2, 0.25) is 0 Å². The molecule has 180 valence electrons. The van der Waals surface area contributed by atoms with Crippen LogP contribution < -0.4 is 10.6 Å². The highest BCUT2D eigenvalue weighted by molar-refractivity contribution is 9.10. The molecule has 0 atom stereocenters. The molecule has 10 heteroatoms. The van der Waals surface area contributed by atoms with E-state index >= 15 is 0 Å². The molecule has 1 saturated heterocycles. The molecule has 0 unspecified atom stereocenters. The lowest BCUT2D eigenvalue weighted by Crippen LogP contribution is -2.47. The quantitative estimate of drug-likeness (QED) is 0.336. The Morgan fingerprint density at radius 2 is 1.63 bits per heavy atom. The van der Waals surface area contributed by atoms with Crippen molar-refractivity contribution in [1.82, 2.24) is 14.8 Å². The van der Waals surface area contributed by atoms with E-state index in [9.17, 15) is 14.0 Å². The molecule has 1 aromatic heterocycles. The summed E-state index contributed by atoms with van der Waals surface area (Å²) in [5, 5.41) is 13.7. The van der Waals surface area contributed by atoms with Gasteiger partial charge in [-0.15, -0.1) is 0 Å². The van der Waals surface area contributed by atoms with Crippen molar-refractivity contribution in [2.45, 2.75) is 0 Å². The smallest absolute Gasteiger partial charge is 0.259 e. The first-order chi connectivity index (χ1) is 16.8. The lowest BCUT2D eigenvalue weighted by molar-refractivity contribution is 0.102. The highest BCUT2D eigenvalue weighted by atomic mass is 79.9. The summed E-state index contributed by atoms with van der Waals surface area (Å²) >= 11 is 3.27. The zero-order valence-electron chi connectivity index (χ0n) is 19.0. The number of rotatable bonds is 5. The average molecular weight is 539 g/mol. The minimum absolute atomic E-state index is 0.0310. The highest BCUT2D eigenvalue weighted by Crippen LogP contribution is 2.21. The van der Waals surface area contributed by atoms with Crippen molar-refractivity contribution < 1.29 is 14.0 Å². The van der Waals surface area contributed by atoms with Gasteiger partial charge < -0.3 is 20.4 Å². The van der Waals surface area contributed by atoms with Crippen LogP contribution in [0.4, 0.5) is 15.9 Å². The zero-order valence-corrected chi connectivity index (χ0v) is 20.6. The van der Waals surface area contributed by atoms with Crippen molar-refractivity contribution in [2.75, 3.05) is 43.9 Å². The fourth-order valence-electron chi connectivity index (χ4n) is 3.63. The second-order valence-electron chi connectivity index (χ2n) is 8.18. The van der Waals surface area contributed by atoms with Gasteiger partial charge in [-0.05, 0) is 65.4 Å². The second kappa shape index (κ2) is 10.7. The van der Waals surface area contributed by atoms with E-state index < -0.39 is 17.6 Å². The molecule has 0 saturated carbocycles. The first-order valence-corrected chi connectivity index (χ1v) is 11.8. The number of aromatic nitrogens is 1. The molecule has 1 aliphatic rings. The van der Waals surface area contributed by atoms with Crippen LogP contribution in [0.25, 0.3) is 0 Å². The van der Waals surface area contributed by atoms with Crippen molar-refractivity contribution in [3.05, 3.63) is 87.8 Å². The molecule has 4 rings (SSSR count). The molecule has 0 aliphatic carbocycles. The number of pyridine rings is 1. The maximum atomic E-state index is 13.9. The van der Waals surface area contributed by atoms with Gasteiger partial charge in [0.25, 0.3) is 11.8 Å². The van der Waals surface area contributed by atoms with Gasteiger partial charge in [-0.1, -0.05) is 12.1 Å². The number of hydrogen-bond acceptors (Lipinski definition) is 5. The molecule has 1 aliphatic heterocycles. The first-order valence-electron chi connectivity index (χ1n) is 11.0. The minimum atomic E-state index is -0.608. The number of hydrogen-bond donors (Lipinski definition) is 3. The Bertz CT molecular complexity index is 1240. The molecular formula is C25H24BrFN6O2. The predicted molar refractivity (Wildman–Crippen MR) is 137 cm³/mol. The molecule has 0 spiro atoms. The Balaban J connectivity index is 1.46. The van der Waals surface area contributed by atoms with E-state index in [0.29, 0.717) is 11.4 Å². The molecule has 2 amide bonds. The van der Waals surface area contributed by atoms with Crippen LogP contribution in [0, 0.1) is 11.2 Å². The Kier molecular flexibility index (Phi) is 7.52. The molecular weight excluding hydrogens is 515 g/mol. The Labute approximate surface area is 210 Å². The summed E-state index contributed by atoms with van der Waals surface area (Å²) in [5.74, 6) is -0.957. The summed E-state index contributed by atoms with van der Waals surface area (Å²) in [6.07, 6.45) is 1.52. The number of nitrogens with one attached hydrogen (secondary N) is 3. The van der Waals surface area contributed by atoms with Crippen LogP contribution in [-0.2, 0) is 0 Å². The molecule has 0 radical (unpaired) electrons. The molecule has 1 fully saturated rings. The van der Waals surface area contributed by atoms with Crippen molar-refractivity contribution in [1.29, 1.82) is 5.41 Å². The Hall–Kier alpha value is -3.63. The van der Waals surface area contributed by atoms with E-state index in [1.165, 1.54) is 18.3 Å². The van der Waals surface area contributed by atoms with E-state index in [1.54, 1.807) is 36.4 Å². The first kappa shape index (κ1) is 24.5. The van der Waals surface area contributed by atoms with Crippen LogP contribution in [0.5, 0.6) is 0 Å². The van der Waals surface area contributed by atoms with E-state index in [2.05, 4.69) is 43.5 Å². The average Bonchev–Trinajstić information content (AvgIpc) is 2.86. The zero-order chi connectivity index (χ0) is 24.9. The number of carbonyl (C=O) groups excluding carboxylic acids is 2. The predicted octanol–water partition coefficient (Wildman–Crippen LogP) is 4.06. The van der Waals surface area contributed by atoms with Gasteiger partial charge in [-0.25, -0.2) is 9.37 Å². The van der Waals surface area contributed by atoms with Crippen LogP contribution in [0.15, 0.2) is 65.3 Å². The van der Waals surface area contributed by atoms with Gasteiger partial charge in [0.2, 0.25) is 0 Å². The standard InChI is InChI=1S/C25H24BrFN6O2/c1-32-10-12-33(13-11-32)23(28)16-2-4-17(5-3-16)24(34)30-21-8-7-19(27)14-20(21)25(35)31-22-9-6-18(26)15-29-22/h2-9,14-15,28H,10-13H2,1H3,(H,30,34)(H,29,31,35). The SMILES string of the molecule is CN1CCN(C(=N)c2ccc(C(=O)Nc3ccc(F)cc3C(=O)Nc3ccc(Br)cn3)cc2)CC1. The third-order valence-electron chi connectivity index (χ3n) is 5.68. The van der Waals surface area contributed by atoms with Crippen molar-refractivity contribution in [3.63, 3.8) is 0 Å². The summed E-state index contributed by atoms with van der Waals surface area (Å²) in [4.78, 5) is 33.9. The Morgan fingerprint density at radius 1 is 0.943 bits per heavy atom. The van der Waals surface area contributed by atoms with Gasteiger partial charge in [-0.2, -0.15) is 0 Å². The number of carbonyl (C=O) groups is 2. The van der Waals surface area contributed by atoms with Crippen LogP contribution >= 0.6 is 15.9 Å².